The molecule has 1 aromatic rings. The first kappa shape index (κ1) is 20.9. The number of nitrogens with one attached hydrogen (secondary N) is 1. The Morgan fingerprint density at radius 1 is 1.21 bits per heavy atom. The van der Waals surface area contributed by atoms with Crippen molar-refractivity contribution in [2.45, 2.75) is 26.3 Å². The molecule has 0 spiro atoms. The van der Waals surface area contributed by atoms with Crippen molar-refractivity contribution >= 4 is 23.4 Å². The van der Waals surface area contributed by atoms with E-state index < -0.39 is 0 Å². The lowest BCUT2D eigenvalue weighted by atomic mass is 9.97. The number of carbonyl (C=O) groups is 1. The van der Waals surface area contributed by atoms with Gasteiger partial charge in [-0.2, -0.15) is 0 Å². The number of ether oxygens (including phenoxy) is 1. The molecule has 156 valence electrons. The van der Waals surface area contributed by atoms with E-state index in [1.165, 1.54) is 30.8 Å². The fourth-order valence-electron chi connectivity index (χ4n) is 3.86. The van der Waals surface area contributed by atoms with Gasteiger partial charge in [-0.25, -0.2) is 4.79 Å². The predicted molar refractivity (Wildman–Crippen MR) is 114 cm³/mol. The number of piperidine rings is 1. The number of nitrogens with zero attached hydrogens (tertiary/aromatic N) is 4. The highest BCUT2D eigenvalue weighted by Crippen LogP contribution is 2.20. The summed E-state index contributed by atoms with van der Waals surface area (Å²) in [5.41, 5.74) is 0. The van der Waals surface area contributed by atoms with E-state index in [4.69, 9.17) is 4.74 Å². The van der Waals surface area contributed by atoms with E-state index in [9.17, 15) is 4.79 Å². The first-order valence-electron chi connectivity index (χ1n) is 10.3. The summed E-state index contributed by atoms with van der Waals surface area (Å²) in [4.78, 5) is 24.3. The first-order chi connectivity index (χ1) is 13.7. The summed E-state index contributed by atoms with van der Waals surface area (Å²) < 4.78 is 5.09. The van der Waals surface area contributed by atoms with Crippen LogP contribution in [0.25, 0.3) is 0 Å². The topological polar surface area (TPSA) is 60.4 Å². The van der Waals surface area contributed by atoms with E-state index in [-0.39, 0.29) is 6.09 Å². The second kappa shape index (κ2) is 10.7. The maximum Gasteiger partial charge on any atom is 0.409 e. The van der Waals surface area contributed by atoms with E-state index in [0.29, 0.717) is 25.6 Å². The molecule has 3 heterocycles. The van der Waals surface area contributed by atoms with Gasteiger partial charge in [0.2, 0.25) is 0 Å². The van der Waals surface area contributed by atoms with Crippen molar-refractivity contribution in [2.75, 3.05) is 59.5 Å². The molecular weight excluding hydrogens is 374 g/mol. The van der Waals surface area contributed by atoms with Crippen LogP contribution in [0.1, 0.15) is 24.6 Å². The quantitative estimate of drug-likeness (QED) is 0.600. The van der Waals surface area contributed by atoms with Gasteiger partial charge in [-0.05, 0) is 50.2 Å². The minimum absolute atomic E-state index is 0.209. The smallest absolute Gasteiger partial charge is 0.409 e. The van der Waals surface area contributed by atoms with Crippen LogP contribution in [0.4, 0.5) is 4.79 Å². The second-order valence-corrected chi connectivity index (χ2v) is 8.43. The molecule has 2 saturated heterocycles. The highest BCUT2D eigenvalue weighted by atomic mass is 32.1. The van der Waals surface area contributed by atoms with E-state index in [2.05, 4.69) is 37.6 Å². The Labute approximate surface area is 172 Å². The Kier molecular flexibility index (Phi) is 7.97. The summed E-state index contributed by atoms with van der Waals surface area (Å²) >= 11 is 1.85. The summed E-state index contributed by atoms with van der Waals surface area (Å²) in [7, 11) is 1.84. The molecule has 3 rings (SSSR count). The highest BCUT2D eigenvalue weighted by Gasteiger charge is 2.25. The highest BCUT2D eigenvalue weighted by molar-refractivity contribution is 7.09. The molecule has 7 nitrogen and oxygen atoms in total. The van der Waals surface area contributed by atoms with Crippen LogP contribution in [-0.4, -0.2) is 86.2 Å². The van der Waals surface area contributed by atoms with Gasteiger partial charge in [0, 0.05) is 51.2 Å². The van der Waals surface area contributed by atoms with Crippen molar-refractivity contribution in [3.05, 3.63) is 22.4 Å². The van der Waals surface area contributed by atoms with Crippen LogP contribution in [0.2, 0.25) is 0 Å². The molecule has 28 heavy (non-hydrogen) atoms. The number of likely N-dealkylation sites (tertiary alicyclic amines) is 1. The average molecular weight is 408 g/mol. The van der Waals surface area contributed by atoms with Crippen molar-refractivity contribution in [3.63, 3.8) is 0 Å². The Morgan fingerprint density at radius 2 is 1.93 bits per heavy atom. The Morgan fingerprint density at radius 3 is 2.54 bits per heavy atom. The standard InChI is InChI=1S/C20H33N5O2S/c1-3-27-20(26)25-12-10-24(11-13-25)19(21-2)22-15-17-6-8-23(9-7-17)16-18-5-4-14-28-18/h4-5,14,17H,3,6-13,15-16H2,1-2H3,(H,21,22). The molecule has 0 bridgehead atoms. The van der Waals surface area contributed by atoms with Crippen molar-refractivity contribution < 1.29 is 9.53 Å². The normalized spacial score (nSPS) is 19.7. The number of guanidine groups is 1. The van der Waals surface area contributed by atoms with Crippen molar-refractivity contribution in [1.82, 2.24) is 20.0 Å². The molecule has 1 N–H and O–H groups in total. The zero-order valence-electron chi connectivity index (χ0n) is 17.1. The summed E-state index contributed by atoms with van der Waals surface area (Å²) in [6.07, 6.45) is 2.25. The fourth-order valence-corrected chi connectivity index (χ4v) is 4.60. The van der Waals surface area contributed by atoms with E-state index in [0.717, 1.165) is 32.1 Å². The Balaban J connectivity index is 1.36. The largest absolute Gasteiger partial charge is 0.450 e. The van der Waals surface area contributed by atoms with Gasteiger partial charge in [0.15, 0.2) is 5.96 Å². The average Bonchev–Trinajstić information content (AvgIpc) is 3.23. The predicted octanol–water partition coefficient (Wildman–Crippen LogP) is 2.31. The van der Waals surface area contributed by atoms with Gasteiger partial charge >= 0.3 is 6.09 Å². The van der Waals surface area contributed by atoms with Gasteiger partial charge in [-0.15, -0.1) is 11.3 Å². The number of piperazine rings is 1. The molecule has 0 atom stereocenters. The van der Waals surface area contributed by atoms with Crippen LogP contribution >= 0.6 is 11.3 Å². The lowest BCUT2D eigenvalue weighted by Crippen LogP contribution is -2.54. The van der Waals surface area contributed by atoms with E-state index in [1.807, 2.05) is 25.3 Å². The molecule has 0 radical (unpaired) electrons. The Bertz CT molecular complexity index is 621. The minimum Gasteiger partial charge on any atom is -0.450 e. The molecule has 0 saturated carbocycles. The number of amides is 1. The number of hydrogen-bond donors (Lipinski definition) is 1. The number of hydrogen-bond acceptors (Lipinski definition) is 5. The summed E-state index contributed by atoms with van der Waals surface area (Å²) in [5.74, 6) is 1.64. The Hall–Kier alpha value is -1.80. The maximum atomic E-state index is 11.8. The third kappa shape index (κ3) is 5.85. The maximum absolute atomic E-state index is 11.8. The van der Waals surface area contributed by atoms with Crippen molar-refractivity contribution in [3.8, 4) is 0 Å². The molecule has 0 aromatic carbocycles. The van der Waals surface area contributed by atoms with Crippen LogP contribution in [0.5, 0.6) is 0 Å². The molecule has 1 aromatic heterocycles. The molecule has 0 aliphatic carbocycles. The van der Waals surface area contributed by atoms with Crippen LogP contribution < -0.4 is 5.32 Å². The monoisotopic (exact) mass is 407 g/mol. The van der Waals surface area contributed by atoms with Gasteiger partial charge in [0.05, 0.1) is 6.61 Å². The third-order valence-corrected chi connectivity index (χ3v) is 6.39. The van der Waals surface area contributed by atoms with Crippen LogP contribution in [-0.2, 0) is 11.3 Å². The van der Waals surface area contributed by atoms with Gasteiger partial charge in [0.25, 0.3) is 0 Å². The third-order valence-electron chi connectivity index (χ3n) is 5.53. The van der Waals surface area contributed by atoms with E-state index in [1.54, 1.807) is 4.90 Å². The molecule has 0 unspecified atom stereocenters. The van der Waals surface area contributed by atoms with Gasteiger partial charge in [0.1, 0.15) is 0 Å². The summed E-state index contributed by atoms with van der Waals surface area (Å²) in [6.45, 7) is 9.60. The number of thiophene rings is 1. The first-order valence-corrected chi connectivity index (χ1v) is 11.2. The number of carbonyl (C=O) groups excluding carboxylic acids is 1. The summed E-state index contributed by atoms with van der Waals surface area (Å²) in [5, 5.41) is 5.72. The fraction of sp³-hybridized carbons (Fsp3) is 0.700. The van der Waals surface area contributed by atoms with Gasteiger partial charge < -0.3 is 19.9 Å². The minimum atomic E-state index is -0.209. The molecule has 2 aliphatic rings. The molecular formula is C20H33N5O2S. The van der Waals surface area contributed by atoms with Crippen LogP contribution in [0, 0.1) is 5.92 Å². The number of rotatable bonds is 5. The molecule has 1 amide bonds. The molecule has 2 fully saturated rings. The lowest BCUT2D eigenvalue weighted by Gasteiger charge is -2.37. The van der Waals surface area contributed by atoms with Crippen LogP contribution in [0.3, 0.4) is 0 Å². The summed E-state index contributed by atoms with van der Waals surface area (Å²) in [6, 6.07) is 4.36. The van der Waals surface area contributed by atoms with Gasteiger partial charge in [-0.1, -0.05) is 6.07 Å². The van der Waals surface area contributed by atoms with E-state index >= 15 is 0 Å². The zero-order valence-corrected chi connectivity index (χ0v) is 17.9. The lowest BCUT2D eigenvalue weighted by molar-refractivity contribution is 0.0913. The van der Waals surface area contributed by atoms with Crippen LogP contribution in [0.15, 0.2) is 22.5 Å². The van der Waals surface area contributed by atoms with Crippen molar-refractivity contribution in [2.24, 2.45) is 10.9 Å². The number of aliphatic imine (C=N–C) groups is 1. The van der Waals surface area contributed by atoms with Gasteiger partial charge in [-0.3, -0.25) is 9.89 Å². The van der Waals surface area contributed by atoms with Crippen molar-refractivity contribution in [1.29, 1.82) is 0 Å². The zero-order chi connectivity index (χ0) is 19.8. The molecule has 8 heteroatoms. The molecule has 2 aliphatic heterocycles. The SMILES string of the molecule is CCOC(=O)N1CCN(C(=NC)NCC2CCN(Cc3cccs3)CC2)CC1. The second-order valence-electron chi connectivity index (χ2n) is 7.40.